The van der Waals surface area contributed by atoms with Crippen LogP contribution in [0.5, 0.6) is 5.75 Å². The van der Waals surface area contributed by atoms with Crippen LogP contribution in [0.25, 0.3) is 0 Å². The van der Waals surface area contributed by atoms with Gasteiger partial charge in [-0.2, -0.15) is 0 Å². The van der Waals surface area contributed by atoms with Crippen LogP contribution in [0.3, 0.4) is 0 Å². The Labute approximate surface area is 127 Å². The van der Waals surface area contributed by atoms with Crippen molar-refractivity contribution in [1.29, 1.82) is 0 Å². The molecule has 1 aromatic carbocycles. The fourth-order valence-electron chi connectivity index (χ4n) is 1.72. The van der Waals surface area contributed by atoms with Gasteiger partial charge in [-0.25, -0.2) is 0 Å². The lowest BCUT2D eigenvalue weighted by molar-refractivity contribution is -0.403. The second kappa shape index (κ2) is 7.99. The van der Waals surface area contributed by atoms with Crippen molar-refractivity contribution >= 4 is 17.8 Å². The van der Waals surface area contributed by atoms with Crippen molar-refractivity contribution in [2.24, 2.45) is 0 Å². The third-order valence-corrected chi connectivity index (χ3v) is 2.95. The summed E-state index contributed by atoms with van der Waals surface area (Å²) in [6, 6.07) is 4.87. The van der Waals surface area contributed by atoms with Crippen LogP contribution in [0.1, 0.15) is 12.5 Å². The van der Waals surface area contributed by atoms with Crippen LogP contribution < -0.4 is 21.5 Å². The molecule has 1 aromatic rings. The number of hydrogen-bond donors (Lipinski definition) is 4. The summed E-state index contributed by atoms with van der Waals surface area (Å²) < 4.78 is 0. The number of amides is 2. The minimum atomic E-state index is -1.41. The first kappa shape index (κ1) is 17.4. The molecule has 2 amide bonds. The molecule has 22 heavy (non-hydrogen) atoms. The molecule has 0 radical (unpaired) electrons. The Balaban J connectivity index is 2.47. The number of carbonyl (C=O) groups excluding carboxylic acids is 3. The summed E-state index contributed by atoms with van der Waals surface area (Å²) in [6.07, 6.45) is 0.347. The van der Waals surface area contributed by atoms with E-state index in [4.69, 9.17) is 0 Å². The standard InChI is InChI=1S/C14H19N3O5/c1-8(13(21)16-7-12(19)20)17-14(22)11(15)6-9-2-4-10(18)5-3-9/h2-5,8,11,18H,6-7,15H2,1H3,(H,16,21)(H,17,22)(H,19,20)/t8-,11+/m1/s1. The molecule has 0 aromatic heterocycles. The molecule has 0 unspecified atom stereocenters. The summed E-state index contributed by atoms with van der Waals surface area (Å²) >= 11 is 0. The zero-order chi connectivity index (χ0) is 16.7. The number of carboxylic acids is 1. The molecule has 0 aliphatic carbocycles. The number of rotatable bonds is 7. The molecule has 0 fully saturated rings. The summed E-state index contributed by atoms with van der Waals surface area (Å²) in [5.41, 5.74) is 4.55. The molecule has 0 bridgehead atoms. The topological polar surface area (TPSA) is 146 Å². The predicted molar refractivity (Wildman–Crippen MR) is 74.1 cm³/mol. The Kier molecular flexibility index (Phi) is 6.33. The quantitative estimate of drug-likeness (QED) is 0.422. The van der Waals surface area contributed by atoms with Crippen molar-refractivity contribution < 1.29 is 30.3 Å². The highest BCUT2D eigenvalue weighted by Crippen LogP contribution is 2.10. The van der Waals surface area contributed by atoms with E-state index in [9.17, 15) is 24.6 Å². The molecule has 8 heteroatoms. The van der Waals surface area contributed by atoms with Gasteiger partial charge in [-0.15, -0.1) is 0 Å². The third kappa shape index (κ3) is 5.80. The molecular weight excluding hydrogens is 290 g/mol. The van der Waals surface area contributed by atoms with E-state index in [2.05, 4.69) is 16.4 Å². The maximum absolute atomic E-state index is 11.9. The highest BCUT2D eigenvalue weighted by molar-refractivity contribution is 5.90. The van der Waals surface area contributed by atoms with Gasteiger partial charge in [0.15, 0.2) is 6.04 Å². The Hall–Kier alpha value is -2.61. The van der Waals surface area contributed by atoms with Gasteiger partial charge in [-0.05, 0) is 24.6 Å². The number of phenolic OH excluding ortho intramolecular Hbond substituents is 1. The van der Waals surface area contributed by atoms with E-state index in [0.717, 1.165) is 5.56 Å². The minimum Gasteiger partial charge on any atom is -0.548 e. The van der Waals surface area contributed by atoms with Gasteiger partial charge in [0.2, 0.25) is 5.91 Å². The van der Waals surface area contributed by atoms with Gasteiger partial charge in [-0.3, -0.25) is 9.59 Å². The highest BCUT2D eigenvalue weighted by atomic mass is 16.4. The zero-order valence-electron chi connectivity index (χ0n) is 12.2. The van der Waals surface area contributed by atoms with Crippen LogP contribution in [0.15, 0.2) is 24.3 Å². The van der Waals surface area contributed by atoms with Crippen molar-refractivity contribution in [2.75, 3.05) is 6.54 Å². The Bertz CT molecular complexity index is 544. The van der Waals surface area contributed by atoms with Gasteiger partial charge in [-0.1, -0.05) is 12.1 Å². The molecule has 0 spiro atoms. The van der Waals surface area contributed by atoms with Gasteiger partial charge in [0, 0.05) is 6.42 Å². The van der Waals surface area contributed by atoms with E-state index in [1.54, 1.807) is 12.1 Å². The number of phenols is 1. The maximum Gasteiger partial charge on any atom is 0.279 e. The number of benzene rings is 1. The fourth-order valence-corrected chi connectivity index (χ4v) is 1.72. The summed E-state index contributed by atoms with van der Waals surface area (Å²) in [4.78, 5) is 33.7. The van der Waals surface area contributed by atoms with Gasteiger partial charge >= 0.3 is 0 Å². The monoisotopic (exact) mass is 309 g/mol. The molecule has 6 N–H and O–H groups in total. The lowest BCUT2D eigenvalue weighted by Crippen LogP contribution is -2.69. The number of carbonyl (C=O) groups is 3. The summed E-state index contributed by atoms with van der Waals surface area (Å²) in [5.74, 6) is -2.32. The molecule has 8 nitrogen and oxygen atoms in total. The average Bonchev–Trinajstić information content (AvgIpc) is 2.46. The number of nitrogens with one attached hydrogen (secondary N) is 2. The SMILES string of the molecule is C[C@@H](NC(=O)[C@@H]([NH3+])Cc1ccc(O)cc1)C(=O)NCC(=O)[O-]. The third-order valence-electron chi connectivity index (χ3n) is 2.95. The van der Waals surface area contributed by atoms with E-state index in [1.165, 1.54) is 19.1 Å². The molecule has 0 saturated carbocycles. The largest absolute Gasteiger partial charge is 0.548 e. The molecule has 120 valence electrons. The van der Waals surface area contributed by atoms with Crippen LogP contribution in [-0.4, -0.2) is 41.5 Å². The first-order valence-electron chi connectivity index (χ1n) is 6.68. The first-order valence-corrected chi connectivity index (χ1v) is 6.68. The highest BCUT2D eigenvalue weighted by Gasteiger charge is 2.22. The van der Waals surface area contributed by atoms with Crippen molar-refractivity contribution in [2.45, 2.75) is 25.4 Å². The Morgan fingerprint density at radius 2 is 1.82 bits per heavy atom. The van der Waals surface area contributed by atoms with Crippen molar-refractivity contribution in [1.82, 2.24) is 10.6 Å². The van der Waals surface area contributed by atoms with Crippen LogP contribution in [-0.2, 0) is 20.8 Å². The molecular formula is C14H19N3O5. The van der Waals surface area contributed by atoms with Gasteiger partial charge in [0.1, 0.15) is 11.8 Å². The second-order valence-electron chi connectivity index (χ2n) is 4.89. The molecule has 0 aliphatic rings. The fraction of sp³-hybridized carbons (Fsp3) is 0.357. The normalized spacial score (nSPS) is 13.0. The zero-order valence-corrected chi connectivity index (χ0v) is 12.2. The van der Waals surface area contributed by atoms with E-state index >= 15 is 0 Å². The summed E-state index contributed by atoms with van der Waals surface area (Å²) in [5, 5.41) is 24.0. The molecule has 0 aliphatic heterocycles. The number of hydrogen-bond acceptors (Lipinski definition) is 5. The van der Waals surface area contributed by atoms with Gasteiger partial charge in [0.25, 0.3) is 5.91 Å². The molecule has 2 atom stereocenters. The Morgan fingerprint density at radius 1 is 1.23 bits per heavy atom. The van der Waals surface area contributed by atoms with E-state index < -0.39 is 36.4 Å². The average molecular weight is 309 g/mol. The molecule has 0 saturated heterocycles. The second-order valence-corrected chi connectivity index (χ2v) is 4.89. The van der Waals surface area contributed by atoms with Crippen molar-refractivity contribution in [3.63, 3.8) is 0 Å². The summed E-state index contributed by atoms with van der Waals surface area (Å²) in [6.45, 7) is 0.830. The maximum atomic E-state index is 11.9. The van der Waals surface area contributed by atoms with E-state index in [0.29, 0.717) is 6.42 Å². The van der Waals surface area contributed by atoms with Gasteiger partial charge in [0.05, 0.1) is 12.5 Å². The lowest BCUT2D eigenvalue weighted by atomic mass is 10.1. The molecule has 1 rings (SSSR count). The van der Waals surface area contributed by atoms with Crippen LogP contribution in [0.4, 0.5) is 0 Å². The van der Waals surface area contributed by atoms with Gasteiger partial charge < -0.3 is 31.4 Å². The Morgan fingerprint density at radius 3 is 2.36 bits per heavy atom. The van der Waals surface area contributed by atoms with Crippen LogP contribution in [0, 0.1) is 0 Å². The van der Waals surface area contributed by atoms with E-state index in [1.807, 2.05) is 0 Å². The van der Waals surface area contributed by atoms with Crippen molar-refractivity contribution in [3.05, 3.63) is 29.8 Å². The van der Waals surface area contributed by atoms with E-state index in [-0.39, 0.29) is 5.75 Å². The first-order chi connectivity index (χ1) is 10.3. The number of carboxylic acid groups (broad SMARTS) is 1. The van der Waals surface area contributed by atoms with Crippen LogP contribution >= 0.6 is 0 Å². The number of quaternary nitrogens is 1. The number of aromatic hydroxyl groups is 1. The van der Waals surface area contributed by atoms with Crippen molar-refractivity contribution in [3.8, 4) is 5.75 Å². The molecule has 0 heterocycles. The lowest BCUT2D eigenvalue weighted by Gasteiger charge is -2.16. The smallest absolute Gasteiger partial charge is 0.279 e. The van der Waals surface area contributed by atoms with Crippen LogP contribution in [0.2, 0.25) is 0 Å². The minimum absolute atomic E-state index is 0.132. The number of aliphatic carboxylic acids is 1. The predicted octanol–water partition coefficient (Wildman–Crippen LogP) is -3.08. The summed E-state index contributed by atoms with van der Waals surface area (Å²) in [7, 11) is 0.